The summed E-state index contributed by atoms with van der Waals surface area (Å²) in [6.45, 7) is 1.68. The van der Waals surface area contributed by atoms with E-state index in [9.17, 15) is 9.59 Å². The van der Waals surface area contributed by atoms with Crippen LogP contribution >= 0.6 is 0 Å². The van der Waals surface area contributed by atoms with Crippen LogP contribution in [0.25, 0.3) is 0 Å². The molecule has 2 rings (SSSR count). The fraction of sp³-hybridized carbons (Fsp3) is 0.0667. The minimum atomic E-state index is -0.994. The number of nitrogens with two attached hydrogens (primary N) is 1. The Morgan fingerprint density at radius 2 is 1.80 bits per heavy atom. The lowest BCUT2D eigenvalue weighted by molar-refractivity contribution is 0.0696. The maximum atomic E-state index is 11.3. The number of benzene rings is 2. The second-order valence-corrected chi connectivity index (χ2v) is 4.24. The van der Waals surface area contributed by atoms with Gasteiger partial charge in [-0.1, -0.05) is 12.1 Å². The second kappa shape index (κ2) is 5.44. The number of rotatable bonds is 4. The van der Waals surface area contributed by atoms with Gasteiger partial charge in [0.05, 0.1) is 11.1 Å². The van der Waals surface area contributed by atoms with Crippen molar-refractivity contribution in [3.8, 4) is 11.5 Å². The normalized spacial score (nSPS) is 10.1. The Kier molecular flexibility index (Phi) is 3.70. The lowest BCUT2D eigenvalue weighted by Gasteiger charge is -2.10. The summed E-state index contributed by atoms with van der Waals surface area (Å²) in [4.78, 5) is 22.2. The van der Waals surface area contributed by atoms with Crippen molar-refractivity contribution in [1.82, 2.24) is 0 Å². The molecule has 0 saturated heterocycles. The number of hydrogen-bond donors (Lipinski definition) is 2. The Hall–Kier alpha value is -2.82. The lowest BCUT2D eigenvalue weighted by Crippen LogP contribution is -2.12. The maximum absolute atomic E-state index is 11.3. The SMILES string of the molecule is Cc1cc(Oc2ccccc2C(N)=O)ccc1C(=O)O. The lowest BCUT2D eigenvalue weighted by atomic mass is 10.1. The smallest absolute Gasteiger partial charge is 0.335 e. The van der Waals surface area contributed by atoms with Gasteiger partial charge in [0.1, 0.15) is 11.5 Å². The van der Waals surface area contributed by atoms with Crippen LogP contribution in [0.1, 0.15) is 26.3 Å². The van der Waals surface area contributed by atoms with Gasteiger partial charge in [0.15, 0.2) is 0 Å². The minimum absolute atomic E-state index is 0.209. The van der Waals surface area contributed by atoms with Gasteiger partial charge in [-0.25, -0.2) is 4.79 Å². The first-order valence-electron chi connectivity index (χ1n) is 5.89. The zero-order valence-corrected chi connectivity index (χ0v) is 10.8. The van der Waals surface area contributed by atoms with Crippen LogP contribution < -0.4 is 10.5 Å². The molecule has 0 radical (unpaired) electrons. The fourth-order valence-corrected chi connectivity index (χ4v) is 1.83. The van der Waals surface area contributed by atoms with Crippen LogP contribution in [0.4, 0.5) is 0 Å². The number of carbonyl (C=O) groups excluding carboxylic acids is 1. The van der Waals surface area contributed by atoms with Gasteiger partial charge in [-0.3, -0.25) is 4.79 Å². The van der Waals surface area contributed by atoms with Crippen molar-refractivity contribution in [2.45, 2.75) is 6.92 Å². The minimum Gasteiger partial charge on any atom is -0.478 e. The summed E-state index contributed by atoms with van der Waals surface area (Å²) in [5.74, 6) is -0.797. The number of ether oxygens (including phenoxy) is 1. The molecule has 102 valence electrons. The summed E-state index contributed by atoms with van der Waals surface area (Å²) in [5.41, 5.74) is 6.32. The predicted molar refractivity (Wildman–Crippen MR) is 73.2 cm³/mol. The van der Waals surface area contributed by atoms with Crippen molar-refractivity contribution in [3.05, 3.63) is 59.2 Å². The third kappa shape index (κ3) is 2.77. The van der Waals surface area contributed by atoms with Gasteiger partial charge >= 0.3 is 5.97 Å². The Morgan fingerprint density at radius 1 is 1.10 bits per heavy atom. The van der Waals surface area contributed by atoms with Gasteiger partial charge in [-0.15, -0.1) is 0 Å². The second-order valence-electron chi connectivity index (χ2n) is 4.24. The molecule has 5 nitrogen and oxygen atoms in total. The topological polar surface area (TPSA) is 89.6 Å². The molecule has 0 aliphatic heterocycles. The van der Waals surface area contributed by atoms with E-state index in [1.54, 1.807) is 37.3 Å². The molecule has 0 atom stereocenters. The van der Waals surface area contributed by atoms with E-state index in [0.29, 0.717) is 17.1 Å². The van der Waals surface area contributed by atoms with Crippen molar-refractivity contribution < 1.29 is 19.4 Å². The van der Waals surface area contributed by atoms with Crippen LogP contribution in [0.2, 0.25) is 0 Å². The highest BCUT2D eigenvalue weighted by Crippen LogP contribution is 2.26. The van der Waals surface area contributed by atoms with E-state index in [2.05, 4.69) is 0 Å². The Morgan fingerprint density at radius 3 is 2.40 bits per heavy atom. The van der Waals surface area contributed by atoms with Crippen LogP contribution in [0.3, 0.4) is 0 Å². The standard InChI is InChI=1S/C15H13NO4/c1-9-8-10(6-7-11(9)15(18)19)20-13-5-3-2-4-12(13)14(16)17/h2-8H,1H3,(H2,16,17)(H,18,19). The fourth-order valence-electron chi connectivity index (χ4n) is 1.83. The van der Waals surface area contributed by atoms with Crippen molar-refractivity contribution in [1.29, 1.82) is 0 Å². The molecule has 0 spiro atoms. The van der Waals surface area contributed by atoms with Crippen LogP contribution in [0.5, 0.6) is 11.5 Å². The quantitative estimate of drug-likeness (QED) is 0.894. The number of carboxylic acid groups (broad SMARTS) is 1. The monoisotopic (exact) mass is 271 g/mol. The summed E-state index contributed by atoms with van der Waals surface area (Å²) < 4.78 is 5.59. The largest absolute Gasteiger partial charge is 0.478 e. The molecule has 0 bridgehead atoms. The van der Waals surface area contributed by atoms with Gasteiger partial charge in [0, 0.05) is 0 Å². The number of para-hydroxylation sites is 1. The molecule has 0 aromatic heterocycles. The van der Waals surface area contributed by atoms with E-state index in [-0.39, 0.29) is 11.1 Å². The number of aromatic carboxylic acids is 1. The number of hydrogen-bond acceptors (Lipinski definition) is 3. The highest BCUT2D eigenvalue weighted by molar-refractivity contribution is 5.95. The van der Waals surface area contributed by atoms with E-state index in [1.165, 1.54) is 12.1 Å². The average Bonchev–Trinajstić information content (AvgIpc) is 2.38. The maximum Gasteiger partial charge on any atom is 0.335 e. The number of aryl methyl sites for hydroxylation is 1. The van der Waals surface area contributed by atoms with Crippen molar-refractivity contribution in [2.75, 3.05) is 0 Å². The average molecular weight is 271 g/mol. The molecule has 3 N–H and O–H groups in total. The summed E-state index contributed by atoms with van der Waals surface area (Å²) in [6.07, 6.45) is 0. The van der Waals surface area contributed by atoms with Crippen LogP contribution in [-0.2, 0) is 0 Å². The number of carbonyl (C=O) groups is 2. The first-order chi connectivity index (χ1) is 9.49. The highest BCUT2D eigenvalue weighted by Gasteiger charge is 2.11. The first kappa shape index (κ1) is 13.6. The molecule has 0 unspecified atom stereocenters. The Balaban J connectivity index is 2.34. The Labute approximate surface area is 115 Å². The van der Waals surface area contributed by atoms with Gasteiger partial charge in [-0.2, -0.15) is 0 Å². The first-order valence-corrected chi connectivity index (χ1v) is 5.89. The molecule has 1 amide bonds. The number of primary amides is 1. The van der Waals surface area contributed by atoms with E-state index >= 15 is 0 Å². The van der Waals surface area contributed by atoms with Crippen molar-refractivity contribution >= 4 is 11.9 Å². The molecule has 0 saturated carbocycles. The summed E-state index contributed by atoms with van der Waals surface area (Å²) in [7, 11) is 0. The van der Waals surface area contributed by atoms with Gasteiger partial charge < -0.3 is 15.6 Å². The van der Waals surface area contributed by atoms with Gasteiger partial charge in [-0.05, 0) is 42.8 Å². The third-order valence-electron chi connectivity index (χ3n) is 2.81. The van der Waals surface area contributed by atoms with Crippen LogP contribution in [0, 0.1) is 6.92 Å². The van der Waals surface area contributed by atoms with E-state index in [0.717, 1.165) is 0 Å². The van der Waals surface area contributed by atoms with Crippen LogP contribution in [0.15, 0.2) is 42.5 Å². The Bertz CT molecular complexity index is 679. The van der Waals surface area contributed by atoms with E-state index in [1.807, 2.05) is 0 Å². The summed E-state index contributed by atoms with van der Waals surface area (Å²) in [6, 6.07) is 11.2. The van der Waals surface area contributed by atoms with Crippen molar-refractivity contribution in [2.24, 2.45) is 5.73 Å². The molecule has 20 heavy (non-hydrogen) atoms. The molecular formula is C15H13NO4. The van der Waals surface area contributed by atoms with E-state index in [4.69, 9.17) is 15.6 Å². The molecule has 2 aromatic carbocycles. The van der Waals surface area contributed by atoms with E-state index < -0.39 is 11.9 Å². The molecule has 0 fully saturated rings. The molecule has 0 heterocycles. The summed E-state index contributed by atoms with van der Waals surface area (Å²) in [5, 5.41) is 8.96. The molecule has 0 aliphatic rings. The number of carboxylic acids is 1. The zero-order valence-electron chi connectivity index (χ0n) is 10.8. The highest BCUT2D eigenvalue weighted by atomic mass is 16.5. The van der Waals surface area contributed by atoms with Gasteiger partial charge in [0.25, 0.3) is 5.91 Å². The predicted octanol–water partition coefficient (Wildman–Crippen LogP) is 2.58. The molecule has 5 heteroatoms. The van der Waals surface area contributed by atoms with Gasteiger partial charge in [0.2, 0.25) is 0 Å². The third-order valence-corrected chi connectivity index (χ3v) is 2.81. The number of amides is 1. The van der Waals surface area contributed by atoms with Crippen molar-refractivity contribution in [3.63, 3.8) is 0 Å². The molecule has 0 aliphatic carbocycles. The summed E-state index contributed by atoms with van der Waals surface area (Å²) >= 11 is 0. The zero-order chi connectivity index (χ0) is 14.7. The molecule has 2 aromatic rings. The molecular weight excluding hydrogens is 258 g/mol. The van der Waals surface area contributed by atoms with Crippen LogP contribution in [-0.4, -0.2) is 17.0 Å².